The summed E-state index contributed by atoms with van der Waals surface area (Å²) >= 11 is 12.0. The van der Waals surface area contributed by atoms with Crippen LogP contribution in [0.2, 0.25) is 10.0 Å². The molecule has 3 rings (SSSR count). The van der Waals surface area contributed by atoms with Crippen LogP contribution in [-0.2, 0) is 9.59 Å². The van der Waals surface area contributed by atoms with Gasteiger partial charge in [-0.2, -0.15) is 5.01 Å². The fraction of sp³-hybridized carbons (Fsp3) is 0.238. The number of Topliss-reactive ketones (excluding diaryl/α,β-unsaturated/α-hetero) is 1. The number of nitrogens with zero attached hydrogens (tertiary/aromatic N) is 2. The summed E-state index contributed by atoms with van der Waals surface area (Å²) in [6, 6.07) is 9.41. The third-order valence-corrected chi connectivity index (χ3v) is 5.33. The van der Waals surface area contributed by atoms with Crippen LogP contribution in [0.25, 0.3) is 0 Å². The Labute approximate surface area is 178 Å². The summed E-state index contributed by atoms with van der Waals surface area (Å²) in [5.41, 5.74) is 2.36. The van der Waals surface area contributed by atoms with Gasteiger partial charge in [0.1, 0.15) is 6.54 Å². The number of hydrogen-bond donors (Lipinski definition) is 0. The second-order valence-corrected chi connectivity index (χ2v) is 7.65. The molecule has 0 aliphatic carbocycles. The van der Waals surface area contributed by atoms with Crippen LogP contribution < -0.4 is 0 Å². The van der Waals surface area contributed by atoms with Gasteiger partial charge in [-0.05, 0) is 49.2 Å². The largest absolute Gasteiger partial charge is 0.292 e. The average Bonchev–Trinajstić information content (AvgIpc) is 2.99. The van der Waals surface area contributed by atoms with Gasteiger partial charge in [-0.1, -0.05) is 35.3 Å². The molecule has 150 valence electrons. The molecule has 29 heavy (non-hydrogen) atoms. The number of carbonyl (C=O) groups is 4. The van der Waals surface area contributed by atoms with Crippen molar-refractivity contribution in [1.29, 1.82) is 0 Å². The lowest BCUT2D eigenvalue weighted by molar-refractivity contribution is -0.152. The number of imide groups is 1. The Kier molecular flexibility index (Phi) is 6.05. The van der Waals surface area contributed by atoms with Crippen molar-refractivity contribution in [3.05, 3.63) is 68.7 Å². The van der Waals surface area contributed by atoms with E-state index < -0.39 is 30.0 Å². The van der Waals surface area contributed by atoms with Gasteiger partial charge in [0.15, 0.2) is 5.78 Å². The van der Waals surface area contributed by atoms with E-state index in [1.54, 1.807) is 18.2 Å². The van der Waals surface area contributed by atoms with E-state index in [1.807, 2.05) is 13.8 Å². The summed E-state index contributed by atoms with van der Waals surface area (Å²) in [4.78, 5) is 50.5. The molecule has 2 aromatic rings. The van der Waals surface area contributed by atoms with Crippen LogP contribution in [0, 0.1) is 13.8 Å². The highest BCUT2D eigenvalue weighted by molar-refractivity contribution is 6.36. The summed E-state index contributed by atoms with van der Waals surface area (Å²) in [6.07, 6.45) is -0.0381. The van der Waals surface area contributed by atoms with Crippen molar-refractivity contribution >= 4 is 46.7 Å². The first-order chi connectivity index (χ1) is 13.7. The van der Waals surface area contributed by atoms with Crippen LogP contribution in [-0.4, -0.2) is 40.1 Å². The average molecular weight is 433 g/mol. The molecule has 0 bridgehead atoms. The molecule has 3 amide bonds. The smallest absolute Gasteiger partial charge is 0.274 e. The fourth-order valence-electron chi connectivity index (χ4n) is 3.01. The number of halogens is 2. The van der Waals surface area contributed by atoms with E-state index in [0.29, 0.717) is 10.6 Å². The molecule has 0 N–H and O–H groups in total. The van der Waals surface area contributed by atoms with E-state index >= 15 is 0 Å². The molecule has 0 aromatic heterocycles. The molecule has 1 aliphatic heterocycles. The summed E-state index contributed by atoms with van der Waals surface area (Å²) in [6.45, 7) is 3.32. The van der Waals surface area contributed by atoms with Crippen LogP contribution in [0.1, 0.15) is 44.7 Å². The number of carbonyl (C=O) groups excluding carboxylic acids is 4. The first-order valence-electron chi connectivity index (χ1n) is 8.92. The standard InChI is InChI=1S/C21H18Cl2N2O4/c1-12-3-4-14(9-13(12)2)18(26)11-24(25-19(27)7-8-20(25)28)21(29)16-6-5-15(22)10-17(16)23/h3-6,9-10H,7-8,11H2,1-2H3. The Hall–Kier alpha value is -2.70. The van der Waals surface area contributed by atoms with Crippen molar-refractivity contribution in [3.63, 3.8) is 0 Å². The number of amides is 3. The van der Waals surface area contributed by atoms with Crippen molar-refractivity contribution in [2.75, 3.05) is 6.54 Å². The fourth-order valence-corrected chi connectivity index (χ4v) is 3.50. The van der Waals surface area contributed by atoms with E-state index in [-0.39, 0.29) is 23.4 Å². The van der Waals surface area contributed by atoms with Crippen LogP contribution >= 0.6 is 23.2 Å². The van der Waals surface area contributed by atoms with Gasteiger partial charge in [-0.3, -0.25) is 19.2 Å². The maximum Gasteiger partial charge on any atom is 0.274 e. The topological polar surface area (TPSA) is 74.8 Å². The molecule has 0 radical (unpaired) electrons. The molecule has 1 heterocycles. The Morgan fingerprint density at radius 2 is 1.62 bits per heavy atom. The van der Waals surface area contributed by atoms with Crippen LogP contribution in [0.15, 0.2) is 36.4 Å². The molecule has 0 unspecified atom stereocenters. The molecular formula is C21H18Cl2N2O4. The zero-order valence-electron chi connectivity index (χ0n) is 15.9. The van der Waals surface area contributed by atoms with Crippen LogP contribution in [0.4, 0.5) is 0 Å². The summed E-state index contributed by atoms with van der Waals surface area (Å²) in [5, 5.41) is 2.00. The molecule has 0 saturated carbocycles. The molecule has 2 aromatic carbocycles. The first kappa shape index (κ1) is 21.0. The Bertz CT molecular complexity index is 1020. The normalized spacial score (nSPS) is 13.7. The zero-order valence-corrected chi connectivity index (χ0v) is 17.4. The Balaban J connectivity index is 1.97. The van der Waals surface area contributed by atoms with Gasteiger partial charge in [0, 0.05) is 23.4 Å². The molecule has 0 atom stereocenters. The van der Waals surface area contributed by atoms with Gasteiger partial charge in [0.05, 0.1) is 10.6 Å². The van der Waals surface area contributed by atoms with E-state index in [9.17, 15) is 19.2 Å². The van der Waals surface area contributed by atoms with E-state index in [0.717, 1.165) is 21.1 Å². The number of rotatable bonds is 5. The van der Waals surface area contributed by atoms with Crippen LogP contribution in [0.5, 0.6) is 0 Å². The molecule has 1 fully saturated rings. The second-order valence-electron chi connectivity index (χ2n) is 6.81. The van der Waals surface area contributed by atoms with Gasteiger partial charge >= 0.3 is 0 Å². The predicted octanol–water partition coefficient (Wildman–Crippen LogP) is 4.00. The maximum atomic E-state index is 13.1. The van der Waals surface area contributed by atoms with Gasteiger partial charge in [-0.25, -0.2) is 5.01 Å². The number of hydrogen-bond acceptors (Lipinski definition) is 4. The minimum atomic E-state index is -0.729. The van der Waals surface area contributed by atoms with Crippen molar-refractivity contribution in [2.45, 2.75) is 26.7 Å². The number of benzene rings is 2. The molecule has 1 saturated heterocycles. The summed E-state index contributed by atoms with van der Waals surface area (Å²) in [7, 11) is 0. The first-order valence-corrected chi connectivity index (χ1v) is 9.67. The molecule has 0 spiro atoms. The number of aryl methyl sites for hydroxylation is 2. The monoisotopic (exact) mass is 432 g/mol. The molecular weight excluding hydrogens is 415 g/mol. The van der Waals surface area contributed by atoms with Crippen molar-refractivity contribution < 1.29 is 19.2 Å². The van der Waals surface area contributed by atoms with E-state index in [2.05, 4.69) is 0 Å². The minimum Gasteiger partial charge on any atom is -0.292 e. The summed E-state index contributed by atoms with van der Waals surface area (Å²) < 4.78 is 0. The lowest BCUT2D eigenvalue weighted by atomic mass is 10.0. The van der Waals surface area contributed by atoms with Crippen molar-refractivity contribution in [3.8, 4) is 0 Å². The lowest BCUT2D eigenvalue weighted by Gasteiger charge is -2.29. The van der Waals surface area contributed by atoms with Gasteiger partial charge in [0.25, 0.3) is 5.91 Å². The molecule has 8 heteroatoms. The minimum absolute atomic E-state index is 0.0191. The quantitative estimate of drug-likeness (QED) is 0.528. The van der Waals surface area contributed by atoms with Crippen LogP contribution in [0.3, 0.4) is 0 Å². The van der Waals surface area contributed by atoms with E-state index in [4.69, 9.17) is 23.2 Å². The number of hydrazine groups is 1. The lowest BCUT2D eigenvalue weighted by Crippen LogP contribution is -2.51. The highest BCUT2D eigenvalue weighted by Crippen LogP contribution is 2.25. The third-order valence-electron chi connectivity index (χ3n) is 4.78. The SMILES string of the molecule is Cc1ccc(C(=O)CN(C(=O)c2ccc(Cl)cc2Cl)N2C(=O)CCC2=O)cc1C. The second kappa shape index (κ2) is 8.35. The van der Waals surface area contributed by atoms with Gasteiger partial charge < -0.3 is 0 Å². The maximum absolute atomic E-state index is 13.1. The van der Waals surface area contributed by atoms with E-state index in [1.165, 1.54) is 18.2 Å². The predicted molar refractivity (Wildman–Crippen MR) is 109 cm³/mol. The van der Waals surface area contributed by atoms with Crippen molar-refractivity contribution in [2.24, 2.45) is 0 Å². The third kappa shape index (κ3) is 4.33. The Morgan fingerprint density at radius 3 is 2.21 bits per heavy atom. The molecule has 6 nitrogen and oxygen atoms in total. The highest BCUT2D eigenvalue weighted by atomic mass is 35.5. The Morgan fingerprint density at radius 1 is 0.966 bits per heavy atom. The van der Waals surface area contributed by atoms with Crippen molar-refractivity contribution in [1.82, 2.24) is 10.0 Å². The van der Waals surface area contributed by atoms with Gasteiger partial charge in [0.2, 0.25) is 11.8 Å². The zero-order chi connectivity index (χ0) is 21.3. The summed E-state index contributed by atoms with van der Waals surface area (Å²) in [5.74, 6) is -2.21. The number of ketones is 1. The molecule has 1 aliphatic rings. The highest BCUT2D eigenvalue weighted by Gasteiger charge is 2.38. The van der Waals surface area contributed by atoms with Gasteiger partial charge in [-0.15, -0.1) is 0 Å².